The van der Waals surface area contributed by atoms with Gasteiger partial charge in [0, 0.05) is 6.04 Å². The van der Waals surface area contributed by atoms with Gasteiger partial charge < -0.3 is 4.74 Å². The van der Waals surface area contributed by atoms with Crippen LogP contribution in [0.15, 0.2) is 24.3 Å². The van der Waals surface area contributed by atoms with E-state index in [-0.39, 0.29) is 18.2 Å². The molecule has 1 fully saturated rings. The van der Waals surface area contributed by atoms with E-state index in [2.05, 4.69) is 19.1 Å². The molecule has 1 aromatic rings. The van der Waals surface area contributed by atoms with Crippen LogP contribution in [0.1, 0.15) is 63.1 Å². The van der Waals surface area contributed by atoms with E-state index in [1.165, 1.54) is 11.1 Å². The molecule has 1 aromatic carbocycles. The first kappa shape index (κ1) is 17.5. The van der Waals surface area contributed by atoms with E-state index in [9.17, 15) is 10.1 Å². The maximum atomic E-state index is 12.7. The van der Waals surface area contributed by atoms with Gasteiger partial charge in [0.2, 0.25) is 0 Å². The number of fused-ring (bicyclic) bond motifs is 2. The average molecular weight is 338 g/mol. The number of hydrogen-bond donors (Lipinski definition) is 0. The van der Waals surface area contributed by atoms with Crippen molar-refractivity contribution in [3.05, 3.63) is 41.0 Å². The Bertz CT molecular complexity index is 752. The predicted molar refractivity (Wildman–Crippen MR) is 98.0 cm³/mol. The highest BCUT2D eigenvalue weighted by Gasteiger charge is 2.39. The fourth-order valence-electron chi connectivity index (χ4n) is 3.87. The summed E-state index contributed by atoms with van der Waals surface area (Å²) < 4.78 is 5.63. The van der Waals surface area contributed by atoms with Gasteiger partial charge in [0.15, 0.2) is 0 Å². The summed E-state index contributed by atoms with van der Waals surface area (Å²) in [4.78, 5) is 14.6. The number of rotatable bonds is 1. The summed E-state index contributed by atoms with van der Waals surface area (Å²) >= 11 is 0. The van der Waals surface area contributed by atoms with Gasteiger partial charge in [-0.25, -0.2) is 4.79 Å². The summed E-state index contributed by atoms with van der Waals surface area (Å²) in [6.07, 6.45) is 5.93. The van der Waals surface area contributed by atoms with E-state index >= 15 is 0 Å². The number of amides is 1. The zero-order valence-electron chi connectivity index (χ0n) is 15.5. The first-order chi connectivity index (χ1) is 11.8. The number of ether oxygens (including phenoxy) is 1. The van der Waals surface area contributed by atoms with Gasteiger partial charge >= 0.3 is 6.09 Å². The van der Waals surface area contributed by atoms with Crippen molar-refractivity contribution in [2.24, 2.45) is 0 Å². The Kier molecular flexibility index (Phi) is 4.60. The van der Waals surface area contributed by atoms with Crippen LogP contribution >= 0.6 is 0 Å². The number of carbonyl (C=O) groups is 1. The van der Waals surface area contributed by atoms with Crippen molar-refractivity contribution >= 4 is 11.7 Å². The normalized spacial score (nSPS) is 22.8. The van der Waals surface area contributed by atoms with Crippen LogP contribution < -0.4 is 0 Å². The fraction of sp³-hybridized carbons (Fsp3) is 0.524. The lowest BCUT2D eigenvalue weighted by Gasteiger charge is -2.45. The summed E-state index contributed by atoms with van der Waals surface area (Å²) in [5.74, 6) is 0. The summed E-state index contributed by atoms with van der Waals surface area (Å²) in [6.45, 7) is 7.79. The van der Waals surface area contributed by atoms with Crippen LogP contribution in [0.2, 0.25) is 0 Å². The SMILES string of the molecule is Cc1ccc(C#N)cc1C1=CC2CCCC(C1)N2C(=O)OC(C)(C)C. The third-order valence-electron chi connectivity index (χ3n) is 4.95. The highest BCUT2D eigenvalue weighted by molar-refractivity contribution is 5.76. The molecule has 2 aliphatic heterocycles. The van der Waals surface area contributed by atoms with E-state index in [1.54, 1.807) is 0 Å². The number of piperidine rings is 1. The summed E-state index contributed by atoms with van der Waals surface area (Å²) in [5.41, 5.74) is 3.77. The second kappa shape index (κ2) is 6.55. The number of aryl methyl sites for hydroxylation is 1. The van der Waals surface area contributed by atoms with E-state index in [0.29, 0.717) is 5.56 Å². The largest absolute Gasteiger partial charge is 0.444 e. The van der Waals surface area contributed by atoms with Gasteiger partial charge in [0.05, 0.1) is 17.7 Å². The molecular formula is C21H26N2O2. The maximum Gasteiger partial charge on any atom is 0.411 e. The minimum Gasteiger partial charge on any atom is -0.444 e. The maximum absolute atomic E-state index is 12.7. The standard InChI is InChI=1S/C21H26N2O2/c1-14-8-9-15(13-22)10-19(14)16-11-17-6-5-7-18(12-16)23(17)20(24)25-21(2,3)4/h8-11,17-18H,5-7,12H2,1-4H3. The number of carbonyl (C=O) groups excluding carboxylic acids is 1. The molecule has 0 radical (unpaired) electrons. The lowest BCUT2D eigenvalue weighted by molar-refractivity contribution is 0.0000852. The Hall–Kier alpha value is -2.28. The second-order valence-electron chi connectivity index (χ2n) is 8.08. The average Bonchev–Trinajstić information content (AvgIpc) is 2.52. The van der Waals surface area contributed by atoms with Crippen molar-refractivity contribution in [3.8, 4) is 6.07 Å². The number of benzene rings is 1. The van der Waals surface area contributed by atoms with Crippen LogP contribution in [0.25, 0.3) is 5.57 Å². The van der Waals surface area contributed by atoms with Crippen molar-refractivity contribution < 1.29 is 9.53 Å². The summed E-state index contributed by atoms with van der Waals surface area (Å²) in [6, 6.07) is 8.32. The van der Waals surface area contributed by atoms with Crippen molar-refractivity contribution in [2.75, 3.05) is 0 Å². The Morgan fingerprint density at radius 1 is 1.32 bits per heavy atom. The van der Waals surface area contributed by atoms with Crippen LogP contribution in [-0.2, 0) is 4.74 Å². The molecule has 2 aliphatic rings. The quantitative estimate of drug-likeness (QED) is 0.738. The topological polar surface area (TPSA) is 53.3 Å². The minimum absolute atomic E-state index is 0.0856. The van der Waals surface area contributed by atoms with E-state index in [0.717, 1.165) is 31.2 Å². The molecular weight excluding hydrogens is 312 g/mol. The van der Waals surface area contributed by atoms with Crippen LogP contribution in [0.4, 0.5) is 4.79 Å². The van der Waals surface area contributed by atoms with Crippen molar-refractivity contribution in [3.63, 3.8) is 0 Å². The lowest BCUT2D eigenvalue weighted by Crippen LogP contribution is -2.53. The molecule has 25 heavy (non-hydrogen) atoms. The Labute approximate surface area is 150 Å². The Morgan fingerprint density at radius 3 is 2.72 bits per heavy atom. The molecule has 0 aromatic heterocycles. The van der Waals surface area contributed by atoms with Crippen molar-refractivity contribution in [1.29, 1.82) is 5.26 Å². The zero-order chi connectivity index (χ0) is 18.2. The predicted octanol–water partition coefficient (Wildman–Crippen LogP) is 4.81. The van der Waals surface area contributed by atoms with Crippen LogP contribution in [0, 0.1) is 18.3 Å². The van der Waals surface area contributed by atoms with E-state index in [4.69, 9.17) is 4.74 Å². The highest BCUT2D eigenvalue weighted by atomic mass is 16.6. The second-order valence-corrected chi connectivity index (χ2v) is 8.08. The minimum atomic E-state index is -0.479. The fourth-order valence-corrected chi connectivity index (χ4v) is 3.87. The van der Waals surface area contributed by atoms with Gasteiger partial charge in [-0.1, -0.05) is 12.1 Å². The first-order valence-corrected chi connectivity index (χ1v) is 9.01. The van der Waals surface area contributed by atoms with Crippen molar-refractivity contribution in [2.45, 2.75) is 71.1 Å². The number of hydrogen-bond acceptors (Lipinski definition) is 3. The van der Waals surface area contributed by atoms with Gasteiger partial charge in [0.25, 0.3) is 0 Å². The van der Waals surface area contributed by atoms with Gasteiger partial charge in [-0.3, -0.25) is 4.90 Å². The summed E-state index contributed by atoms with van der Waals surface area (Å²) in [5, 5.41) is 9.20. The van der Waals surface area contributed by atoms with Crippen LogP contribution in [0.5, 0.6) is 0 Å². The van der Waals surface area contributed by atoms with E-state index < -0.39 is 5.60 Å². The third kappa shape index (κ3) is 3.71. The smallest absolute Gasteiger partial charge is 0.411 e. The Morgan fingerprint density at radius 2 is 2.08 bits per heavy atom. The zero-order valence-corrected chi connectivity index (χ0v) is 15.5. The number of nitriles is 1. The highest BCUT2D eigenvalue weighted by Crippen LogP contribution is 2.38. The molecule has 1 saturated heterocycles. The number of nitrogens with zero attached hydrogens (tertiary/aromatic N) is 2. The van der Waals surface area contributed by atoms with Gasteiger partial charge in [-0.15, -0.1) is 0 Å². The van der Waals surface area contributed by atoms with Gasteiger partial charge in [0.1, 0.15) is 5.60 Å². The first-order valence-electron chi connectivity index (χ1n) is 9.01. The molecule has 132 valence electrons. The lowest BCUT2D eigenvalue weighted by atomic mass is 9.82. The third-order valence-corrected chi connectivity index (χ3v) is 4.95. The monoisotopic (exact) mass is 338 g/mol. The molecule has 4 nitrogen and oxygen atoms in total. The van der Waals surface area contributed by atoms with E-state index in [1.807, 2.05) is 43.9 Å². The van der Waals surface area contributed by atoms with Crippen LogP contribution in [-0.4, -0.2) is 28.7 Å². The molecule has 3 rings (SSSR count). The molecule has 2 bridgehead atoms. The molecule has 1 amide bonds. The molecule has 2 atom stereocenters. The summed E-state index contributed by atoms with van der Waals surface area (Å²) in [7, 11) is 0. The molecule has 0 aliphatic carbocycles. The molecule has 0 saturated carbocycles. The molecule has 0 N–H and O–H groups in total. The molecule has 4 heteroatoms. The molecule has 2 unspecified atom stereocenters. The van der Waals surface area contributed by atoms with Crippen molar-refractivity contribution in [1.82, 2.24) is 4.90 Å². The Balaban J connectivity index is 1.92. The van der Waals surface area contributed by atoms with Crippen LogP contribution in [0.3, 0.4) is 0 Å². The molecule has 0 spiro atoms. The van der Waals surface area contributed by atoms with Gasteiger partial charge in [-0.05, 0) is 82.2 Å². The van der Waals surface area contributed by atoms with Gasteiger partial charge in [-0.2, -0.15) is 5.26 Å². The molecule has 2 heterocycles.